The molecular formula is C14H22BNO2. The highest BCUT2D eigenvalue weighted by Crippen LogP contribution is 2.26. The minimum absolute atomic E-state index is 0.111. The molecule has 0 saturated carbocycles. The van der Waals surface area contributed by atoms with Crippen LogP contribution < -0.4 is 10.8 Å². The molecule has 1 heterocycles. The zero-order valence-electron chi connectivity index (χ0n) is 11.9. The Kier molecular flexibility index (Phi) is 3.80. The molecule has 1 saturated heterocycles. The molecule has 1 fully saturated rings. The third kappa shape index (κ3) is 2.61. The first-order chi connectivity index (χ1) is 8.44. The van der Waals surface area contributed by atoms with E-state index < -0.39 is 0 Å². The smallest absolute Gasteiger partial charge is 0.402 e. The Labute approximate surface area is 110 Å². The molecule has 1 aromatic carbocycles. The van der Waals surface area contributed by atoms with Crippen molar-refractivity contribution in [3.05, 3.63) is 29.3 Å². The summed E-state index contributed by atoms with van der Waals surface area (Å²) >= 11 is 0. The fourth-order valence-corrected chi connectivity index (χ4v) is 2.15. The summed E-state index contributed by atoms with van der Waals surface area (Å²) in [5, 5.41) is 3.17. The van der Waals surface area contributed by atoms with E-state index in [1.165, 1.54) is 11.1 Å². The molecule has 0 bridgehead atoms. The fraction of sp³-hybridized carbons (Fsp3) is 0.571. The zero-order valence-corrected chi connectivity index (χ0v) is 11.9. The largest absolute Gasteiger partial charge is 0.494 e. The summed E-state index contributed by atoms with van der Waals surface area (Å²) in [6, 6.07) is 6.40. The molecule has 1 unspecified atom stereocenters. The van der Waals surface area contributed by atoms with E-state index in [9.17, 15) is 0 Å². The molecule has 0 radical (unpaired) electrons. The Morgan fingerprint density at radius 2 is 2.11 bits per heavy atom. The van der Waals surface area contributed by atoms with Crippen LogP contribution in [-0.2, 0) is 15.9 Å². The van der Waals surface area contributed by atoms with Gasteiger partial charge >= 0.3 is 7.12 Å². The average Bonchev–Trinajstić information content (AvgIpc) is 2.57. The van der Waals surface area contributed by atoms with Gasteiger partial charge in [0.2, 0.25) is 0 Å². The summed E-state index contributed by atoms with van der Waals surface area (Å²) in [5.74, 6) is 0. The number of hydrogen-bond donors (Lipinski definition) is 1. The number of aryl methyl sites for hydroxylation is 1. The Morgan fingerprint density at radius 3 is 2.61 bits per heavy atom. The second kappa shape index (κ2) is 5.04. The standard InChI is InChI=1S/C14H22BNO2/c1-10-8-13(7-6-12(10)9-16-5)15-17-11(2)14(3,4)18-15/h6-8,11,16H,9H2,1-5H3. The van der Waals surface area contributed by atoms with Crippen LogP contribution >= 0.6 is 0 Å². The predicted molar refractivity (Wildman–Crippen MR) is 75.0 cm³/mol. The van der Waals surface area contributed by atoms with Crippen molar-refractivity contribution >= 4 is 12.6 Å². The SMILES string of the molecule is CNCc1ccc(B2OC(C)C(C)(C)O2)cc1C. The van der Waals surface area contributed by atoms with Gasteiger partial charge in [-0.15, -0.1) is 0 Å². The maximum atomic E-state index is 5.96. The first-order valence-corrected chi connectivity index (χ1v) is 6.51. The van der Waals surface area contributed by atoms with Crippen LogP contribution in [0, 0.1) is 6.92 Å². The predicted octanol–water partition coefficient (Wildman–Crippen LogP) is 1.62. The van der Waals surface area contributed by atoms with Gasteiger partial charge in [-0.05, 0) is 51.3 Å². The first kappa shape index (κ1) is 13.6. The van der Waals surface area contributed by atoms with Gasteiger partial charge in [-0.1, -0.05) is 18.2 Å². The lowest BCUT2D eigenvalue weighted by atomic mass is 9.78. The summed E-state index contributed by atoms with van der Waals surface area (Å²) in [6.07, 6.45) is 0.111. The van der Waals surface area contributed by atoms with Crippen LogP contribution in [0.3, 0.4) is 0 Å². The highest BCUT2D eigenvalue weighted by Gasteiger charge is 2.43. The van der Waals surface area contributed by atoms with Crippen LogP contribution in [0.1, 0.15) is 31.9 Å². The van der Waals surface area contributed by atoms with Gasteiger partial charge in [0, 0.05) is 6.54 Å². The van der Waals surface area contributed by atoms with Crippen LogP contribution in [0.25, 0.3) is 0 Å². The quantitative estimate of drug-likeness (QED) is 0.823. The monoisotopic (exact) mass is 247 g/mol. The molecule has 1 atom stereocenters. The van der Waals surface area contributed by atoms with Crippen molar-refractivity contribution in [3.8, 4) is 0 Å². The lowest BCUT2D eigenvalue weighted by Crippen LogP contribution is -2.35. The highest BCUT2D eigenvalue weighted by molar-refractivity contribution is 6.62. The van der Waals surface area contributed by atoms with Gasteiger partial charge < -0.3 is 14.6 Å². The minimum atomic E-state index is -0.239. The summed E-state index contributed by atoms with van der Waals surface area (Å²) in [5.41, 5.74) is 3.46. The lowest BCUT2D eigenvalue weighted by Gasteiger charge is -2.21. The van der Waals surface area contributed by atoms with Gasteiger partial charge in [-0.2, -0.15) is 0 Å². The summed E-state index contributed by atoms with van der Waals surface area (Å²) < 4.78 is 11.8. The normalized spacial score (nSPS) is 22.5. The Hall–Kier alpha value is -0.835. The van der Waals surface area contributed by atoms with E-state index in [1.54, 1.807) is 0 Å². The van der Waals surface area contributed by atoms with E-state index in [0.717, 1.165) is 12.0 Å². The molecule has 98 valence electrons. The lowest BCUT2D eigenvalue weighted by molar-refractivity contribution is 0.0842. The van der Waals surface area contributed by atoms with Gasteiger partial charge in [-0.3, -0.25) is 0 Å². The van der Waals surface area contributed by atoms with E-state index in [4.69, 9.17) is 9.31 Å². The van der Waals surface area contributed by atoms with Crippen LogP contribution in [0.5, 0.6) is 0 Å². The van der Waals surface area contributed by atoms with Crippen LogP contribution in [0.15, 0.2) is 18.2 Å². The van der Waals surface area contributed by atoms with Crippen molar-refractivity contribution in [2.75, 3.05) is 7.05 Å². The van der Waals surface area contributed by atoms with Crippen molar-refractivity contribution < 1.29 is 9.31 Å². The fourth-order valence-electron chi connectivity index (χ4n) is 2.15. The zero-order chi connectivity index (χ0) is 13.3. The molecule has 0 aromatic heterocycles. The van der Waals surface area contributed by atoms with Gasteiger partial charge in [0.25, 0.3) is 0 Å². The minimum Gasteiger partial charge on any atom is -0.402 e. The van der Waals surface area contributed by atoms with Gasteiger partial charge in [0.05, 0.1) is 11.7 Å². The van der Waals surface area contributed by atoms with Crippen LogP contribution in [0.2, 0.25) is 0 Å². The molecule has 3 nitrogen and oxygen atoms in total. The van der Waals surface area contributed by atoms with Crippen molar-refractivity contribution in [1.29, 1.82) is 0 Å². The second-order valence-electron chi connectivity index (χ2n) is 5.55. The highest BCUT2D eigenvalue weighted by atomic mass is 16.7. The molecule has 0 spiro atoms. The average molecular weight is 247 g/mol. The maximum absolute atomic E-state index is 5.96. The van der Waals surface area contributed by atoms with E-state index in [1.807, 2.05) is 7.05 Å². The molecule has 18 heavy (non-hydrogen) atoms. The molecule has 1 N–H and O–H groups in total. The summed E-state index contributed by atoms with van der Waals surface area (Å²) in [4.78, 5) is 0. The van der Waals surface area contributed by atoms with Gasteiger partial charge in [-0.25, -0.2) is 0 Å². The van der Waals surface area contributed by atoms with E-state index in [-0.39, 0.29) is 18.8 Å². The van der Waals surface area contributed by atoms with Gasteiger partial charge in [0.15, 0.2) is 0 Å². The van der Waals surface area contributed by atoms with Crippen molar-refractivity contribution in [3.63, 3.8) is 0 Å². The summed E-state index contributed by atoms with van der Waals surface area (Å²) in [6.45, 7) is 9.21. The Bertz CT molecular complexity index is 434. The van der Waals surface area contributed by atoms with E-state index >= 15 is 0 Å². The molecule has 2 rings (SSSR count). The van der Waals surface area contributed by atoms with E-state index in [2.05, 4.69) is 51.2 Å². The Balaban J connectivity index is 2.18. The Morgan fingerprint density at radius 1 is 1.39 bits per heavy atom. The molecule has 0 amide bonds. The van der Waals surface area contributed by atoms with Crippen molar-refractivity contribution in [2.45, 2.75) is 45.9 Å². The number of hydrogen-bond acceptors (Lipinski definition) is 3. The first-order valence-electron chi connectivity index (χ1n) is 6.51. The van der Waals surface area contributed by atoms with Crippen LogP contribution in [-0.4, -0.2) is 25.9 Å². The molecule has 1 aliphatic rings. The van der Waals surface area contributed by atoms with Crippen molar-refractivity contribution in [1.82, 2.24) is 5.32 Å². The number of benzene rings is 1. The topological polar surface area (TPSA) is 30.5 Å². The number of nitrogens with one attached hydrogen (secondary N) is 1. The van der Waals surface area contributed by atoms with Crippen LogP contribution in [0.4, 0.5) is 0 Å². The molecule has 0 aliphatic carbocycles. The van der Waals surface area contributed by atoms with E-state index in [0.29, 0.717) is 0 Å². The molecule has 1 aromatic rings. The summed E-state index contributed by atoms with van der Waals surface area (Å²) in [7, 11) is 1.72. The number of rotatable bonds is 3. The molecular weight excluding hydrogens is 225 g/mol. The third-order valence-corrected chi connectivity index (χ3v) is 3.72. The third-order valence-electron chi connectivity index (χ3n) is 3.72. The molecule has 1 aliphatic heterocycles. The maximum Gasteiger partial charge on any atom is 0.494 e. The van der Waals surface area contributed by atoms with Crippen molar-refractivity contribution in [2.24, 2.45) is 0 Å². The molecule has 4 heteroatoms. The van der Waals surface area contributed by atoms with Gasteiger partial charge in [0.1, 0.15) is 0 Å². The second-order valence-corrected chi connectivity index (χ2v) is 5.55.